The molecule has 0 radical (unpaired) electrons. The lowest BCUT2D eigenvalue weighted by atomic mass is 9.85. The second-order valence-corrected chi connectivity index (χ2v) is 7.32. The van der Waals surface area contributed by atoms with Crippen molar-refractivity contribution in [2.75, 3.05) is 26.2 Å². The molecule has 3 heterocycles. The van der Waals surface area contributed by atoms with Gasteiger partial charge < -0.3 is 10.2 Å². The van der Waals surface area contributed by atoms with Crippen LogP contribution >= 0.6 is 0 Å². The van der Waals surface area contributed by atoms with Crippen LogP contribution in [0.2, 0.25) is 0 Å². The molecule has 0 atom stereocenters. The quantitative estimate of drug-likeness (QED) is 0.919. The van der Waals surface area contributed by atoms with Crippen molar-refractivity contribution in [3.8, 4) is 0 Å². The molecule has 23 heavy (non-hydrogen) atoms. The predicted octanol–water partition coefficient (Wildman–Crippen LogP) is 1.68. The molecule has 2 saturated heterocycles. The Labute approximate surface area is 137 Å². The van der Waals surface area contributed by atoms with Crippen molar-refractivity contribution >= 4 is 6.03 Å². The summed E-state index contributed by atoms with van der Waals surface area (Å²) in [5, 5.41) is 7.66. The van der Waals surface area contributed by atoms with E-state index in [4.69, 9.17) is 5.10 Å². The van der Waals surface area contributed by atoms with E-state index in [9.17, 15) is 4.79 Å². The fraction of sp³-hybridized carbons (Fsp3) is 0.765. The molecule has 2 amide bonds. The zero-order valence-electron chi connectivity index (χ0n) is 14.0. The molecule has 1 aliphatic carbocycles. The molecule has 3 aliphatic rings. The number of aryl methyl sites for hydroxylation is 1. The smallest absolute Gasteiger partial charge is 0.317 e. The highest BCUT2D eigenvalue weighted by molar-refractivity contribution is 5.76. The topological polar surface area (TPSA) is 53.4 Å². The standard InChI is InChI=1S/C17H27N5O/c1-20-9-14(16(19-20)13-5-3-2-4-6-13)10-21-11-15(12-21)22-8-7-18-17(22)23/h9,13,15H,2-8,10-12H2,1H3,(H,18,23). The number of nitrogens with zero attached hydrogens (tertiary/aromatic N) is 4. The van der Waals surface area contributed by atoms with E-state index >= 15 is 0 Å². The fourth-order valence-corrected chi connectivity index (χ4v) is 4.34. The molecule has 1 saturated carbocycles. The van der Waals surface area contributed by atoms with E-state index in [2.05, 4.69) is 16.4 Å². The summed E-state index contributed by atoms with van der Waals surface area (Å²) in [5.74, 6) is 0.654. The number of amides is 2. The molecule has 0 unspecified atom stereocenters. The van der Waals surface area contributed by atoms with E-state index in [0.717, 1.165) is 32.7 Å². The van der Waals surface area contributed by atoms with Crippen LogP contribution in [0.1, 0.15) is 49.3 Å². The first-order valence-electron chi connectivity index (χ1n) is 9.00. The van der Waals surface area contributed by atoms with Gasteiger partial charge in [-0.05, 0) is 12.8 Å². The first kappa shape index (κ1) is 15.0. The maximum atomic E-state index is 11.7. The summed E-state index contributed by atoms with van der Waals surface area (Å²) in [6.45, 7) is 4.62. The Morgan fingerprint density at radius 3 is 2.74 bits per heavy atom. The van der Waals surface area contributed by atoms with Crippen LogP contribution in [0.3, 0.4) is 0 Å². The molecule has 6 heteroatoms. The summed E-state index contributed by atoms with van der Waals surface area (Å²) in [4.78, 5) is 16.2. The number of hydrogen-bond donors (Lipinski definition) is 1. The molecular weight excluding hydrogens is 290 g/mol. The van der Waals surface area contributed by atoms with E-state index in [0.29, 0.717) is 12.0 Å². The monoisotopic (exact) mass is 317 g/mol. The zero-order valence-corrected chi connectivity index (χ0v) is 14.0. The summed E-state index contributed by atoms with van der Waals surface area (Å²) < 4.78 is 1.98. The van der Waals surface area contributed by atoms with Crippen molar-refractivity contribution < 1.29 is 4.79 Å². The number of urea groups is 1. The largest absolute Gasteiger partial charge is 0.336 e. The average Bonchev–Trinajstić information content (AvgIpc) is 3.09. The Morgan fingerprint density at radius 1 is 1.26 bits per heavy atom. The van der Waals surface area contributed by atoms with Crippen LogP contribution in [0, 0.1) is 0 Å². The van der Waals surface area contributed by atoms with E-state index < -0.39 is 0 Å². The molecule has 4 rings (SSSR count). The van der Waals surface area contributed by atoms with Crippen molar-refractivity contribution in [1.29, 1.82) is 0 Å². The average molecular weight is 317 g/mol. The fourth-order valence-electron chi connectivity index (χ4n) is 4.34. The summed E-state index contributed by atoms with van der Waals surface area (Å²) in [7, 11) is 2.03. The summed E-state index contributed by atoms with van der Waals surface area (Å²) in [5.41, 5.74) is 2.72. The highest BCUT2D eigenvalue weighted by atomic mass is 16.2. The molecule has 0 spiro atoms. The Bertz CT molecular complexity index is 572. The van der Waals surface area contributed by atoms with Crippen molar-refractivity contribution in [3.63, 3.8) is 0 Å². The van der Waals surface area contributed by atoms with Crippen LogP contribution < -0.4 is 5.32 Å². The zero-order chi connectivity index (χ0) is 15.8. The number of carbonyl (C=O) groups is 1. The van der Waals surface area contributed by atoms with Crippen LogP contribution in [-0.4, -0.2) is 57.8 Å². The lowest BCUT2D eigenvalue weighted by Crippen LogP contribution is -2.59. The van der Waals surface area contributed by atoms with E-state index in [1.54, 1.807) is 0 Å². The summed E-state index contributed by atoms with van der Waals surface area (Å²) in [6, 6.07) is 0.506. The van der Waals surface area contributed by atoms with Crippen LogP contribution in [-0.2, 0) is 13.6 Å². The third-order valence-corrected chi connectivity index (χ3v) is 5.59. The van der Waals surface area contributed by atoms with E-state index in [1.165, 1.54) is 43.4 Å². The number of nitrogens with one attached hydrogen (secondary N) is 1. The van der Waals surface area contributed by atoms with Crippen molar-refractivity contribution in [3.05, 3.63) is 17.5 Å². The SMILES string of the molecule is Cn1cc(CN2CC(N3CCNC3=O)C2)c(C2CCCCC2)n1. The maximum absolute atomic E-state index is 11.7. The minimum atomic E-state index is 0.110. The minimum Gasteiger partial charge on any atom is -0.336 e. The third-order valence-electron chi connectivity index (χ3n) is 5.59. The van der Waals surface area contributed by atoms with Gasteiger partial charge in [0.15, 0.2) is 0 Å². The third kappa shape index (κ3) is 2.96. The lowest BCUT2D eigenvalue weighted by molar-refractivity contribution is 0.0585. The van der Waals surface area contributed by atoms with Crippen LogP contribution in [0.15, 0.2) is 6.20 Å². The second-order valence-electron chi connectivity index (χ2n) is 7.32. The number of aromatic nitrogens is 2. The maximum Gasteiger partial charge on any atom is 0.317 e. The lowest BCUT2D eigenvalue weighted by Gasteiger charge is -2.43. The number of rotatable bonds is 4. The van der Waals surface area contributed by atoms with Gasteiger partial charge in [-0.1, -0.05) is 19.3 Å². The molecule has 0 aromatic carbocycles. The van der Waals surface area contributed by atoms with Crippen LogP contribution in [0.4, 0.5) is 4.79 Å². The minimum absolute atomic E-state index is 0.110. The Hall–Kier alpha value is -1.56. The molecule has 1 aromatic heterocycles. The van der Waals surface area contributed by atoms with Crippen molar-refractivity contribution in [2.24, 2.45) is 7.05 Å². The summed E-state index contributed by atoms with van der Waals surface area (Å²) in [6.07, 6.45) is 8.85. The number of likely N-dealkylation sites (tertiary alicyclic amines) is 1. The second kappa shape index (κ2) is 6.15. The van der Waals surface area contributed by atoms with Gasteiger partial charge in [-0.2, -0.15) is 5.10 Å². The number of hydrogen-bond acceptors (Lipinski definition) is 3. The Kier molecular flexibility index (Phi) is 4.01. The highest BCUT2D eigenvalue weighted by Crippen LogP contribution is 2.34. The molecule has 3 fully saturated rings. The summed E-state index contributed by atoms with van der Waals surface area (Å²) >= 11 is 0. The van der Waals surface area contributed by atoms with Crippen molar-refractivity contribution in [1.82, 2.24) is 24.9 Å². The van der Waals surface area contributed by atoms with Gasteiger partial charge in [-0.25, -0.2) is 4.79 Å². The Balaban J connectivity index is 1.37. The predicted molar refractivity (Wildman–Crippen MR) is 88.2 cm³/mol. The van der Waals surface area contributed by atoms with E-state index in [-0.39, 0.29) is 6.03 Å². The molecule has 6 nitrogen and oxygen atoms in total. The molecule has 1 N–H and O–H groups in total. The van der Waals surface area contributed by atoms with Gasteiger partial charge >= 0.3 is 6.03 Å². The molecule has 126 valence electrons. The van der Waals surface area contributed by atoms with Gasteiger partial charge in [-0.15, -0.1) is 0 Å². The van der Waals surface area contributed by atoms with Crippen molar-refractivity contribution in [2.45, 2.75) is 50.6 Å². The van der Waals surface area contributed by atoms with Gasteiger partial charge in [0.25, 0.3) is 0 Å². The van der Waals surface area contributed by atoms with Gasteiger partial charge in [0.2, 0.25) is 0 Å². The van der Waals surface area contributed by atoms with E-state index in [1.807, 2.05) is 16.6 Å². The van der Waals surface area contributed by atoms with Gasteiger partial charge in [-0.3, -0.25) is 9.58 Å². The number of carbonyl (C=O) groups excluding carboxylic acids is 1. The molecule has 0 bridgehead atoms. The van der Waals surface area contributed by atoms with Gasteiger partial charge in [0.1, 0.15) is 0 Å². The molecule has 1 aromatic rings. The normalized spacial score (nSPS) is 24.0. The molecular formula is C17H27N5O. The van der Waals surface area contributed by atoms with Crippen LogP contribution in [0.5, 0.6) is 0 Å². The Morgan fingerprint density at radius 2 is 2.04 bits per heavy atom. The first-order chi connectivity index (χ1) is 11.2. The first-order valence-corrected chi connectivity index (χ1v) is 9.00. The van der Waals surface area contributed by atoms with Crippen LogP contribution in [0.25, 0.3) is 0 Å². The van der Waals surface area contributed by atoms with Gasteiger partial charge in [0.05, 0.1) is 11.7 Å². The molecule has 2 aliphatic heterocycles. The van der Waals surface area contributed by atoms with Gasteiger partial charge in [0, 0.05) is 57.4 Å². The highest BCUT2D eigenvalue weighted by Gasteiger charge is 2.37.